The predicted molar refractivity (Wildman–Crippen MR) is 87.7 cm³/mol. The Hall–Kier alpha value is -0.950. The van der Waals surface area contributed by atoms with Gasteiger partial charge in [-0.15, -0.1) is 0 Å². The Kier molecular flexibility index (Phi) is 5.54. The third kappa shape index (κ3) is 4.02. The smallest absolute Gasteiger partial charge is 0.265 e. The van der Waals surface area contributed by atoms with E-state index in [9.17, 15) is 4.79 Å². The minimum absolute atomic E-state index is 0.115. The van der Waals surface area contributed by atoms with Gasteiger partial charge in [-0.25, -0.2) is 4.98 Å². The quantitative estimate of drug-likeness (QED) is 0.721. The van der Waals surface area contributed by atoms with Crippen molar-refractivity contribution in [1.29, 1.82) is 0 Å². The Balaban J connectivity index is 1.91. The molecule has 1 aromatic rings. The summed E-state index contributed by atoms with van der Waals surface area (Å²) in [6.45, 7) is 2.01. The Morgan fingerprint density at radius 3 is 2.95 bits per heavy atom. The maximum atomic E-state index is 12.2. The zero-order valence-corrected chi connectivity index (χ0v) is 13.6. The van der Waals surface area contributed by atoms with E-state index in [0.717, 1.165) is 17.3 Å². The largest absolute Gasteiger partial charge is 0.382 e. The van der Waals surface area contributed by atoms with Crippen molar-refractivity contribution < 1.29 is 4.79 Å². The first-order valence-electron chi connectivity index (χ1n) is 6.92. The standard InChI is InChI=1S/C13H22N4OS2/c1-8(6-7-19-2)15-12(18)10-11(14)17-13(20-10)16-9-4-3-5-9/h8-9H,3-7,14H2,1-2H3,(H,15,18)(H,16,17). The summed E-state index contributed by atoms with van der Waals surface area (Å²) in [4.78, 5) is 16.9. The van der Waals surface area contributed by atoms with Crippen molar-refractivity contribution in [2.45, 2.75) is 44.7 Å². The third-order valence-corrected chi connectivity index (χ3v) is 5.07. The predicted octanol–water partition coefficient (Wildman–Crippen LogP) is 2.56. The number of nitrogens with one attached hydrogen (secondary N) is 2. The molecule has 1 fully saturated rings. The molecule has 7 heteroatoms. The minimum Gasteiger partial charge on any atom is -0.382 e. The molecule has 0 radical (unpaired) electrons. The van der Waals surface area contributed by atoms with Gasteiger partial charge in [0.2, 0.25) is 0 Å². The van der Waals surface area contributed by atoms with E-state index < -0.39 is 0 Å². The van der Waals surface area contributed by atoms with Gasteiger partial charge in [0.1, 0.15) is 10.7 Å². The highest BCUT2D eigenvalue weighted by Gasteiger charge is 2.22. The van der Waals surface area contributed by atoms with Gasteiger partial charge in [-0.1, -0.05) is 11.3 Å². The number of amides is 1. The molecule has 0 bridgehead atoms. The molecule has 1 heterocycles. The molecule has 1 aliphatic rings. The van der Waals surface area contributed by atoms with E-state index in [4.69, 9.17) is 5.73 Å². The molecule has 1 amide bonds. The highest BCUT2D eigenvalue weighted by Crippen LogP contribution is 2.29. The molecule has 0 aliphatic heterocycles. The van der Waals surface area contributed by atoms with Crippen LogP contribution in [0.5, 0.6) is 0 Å². The average Bonchev–Trinajstić information content (AvgIpc) is 2.72. The van der Waals surface area contributed by atoms with Gasteiger partial charge < -0.3 is 16.4 Å². The van der Waals surface area contributed by atoms with E-state index in [1.54, 1.807) is 11.8 Å². The number of thioether (sulfide) groups is 1. The molecule has 0 spiro atoms. The van der Waals surface area contributed by atoms with Gasteiger partial charge in [-0.2, -0.15) is 11.8 Å². The molecule has 112 valence electrons. The van der Waals surface area contributed by atoms with Gasteiger partial charge in [0.05, 0.1) is 0 Å². The van der Waals surface area contributed by atoms with Crippen LogP contribution >= 0.6 is 23.1 Å². The van der Waals surface area contributed by atoms with Crippen LogP contribution in [0.2, 0.25) is 0 Å². The van der Waals surface area contributed by atoms with Gasteiger partial charge in [-0.05, 0) is 44.6 Å². The van der Waals surface area contributed by atoms with Crippen LogP contribution in [0, 0.1) is 0 Å². The lowest BCUT2D eigenvalue weighted by molar-refractivity contribution is 0.0944. The average molecular weight is 314 g/mol. The molecule has 2 rings (SSSR count). The molecule has 5 nitrogen and oxygen atoms in total. The van der Waals surface area contributed by atoms with E-state index in [1.165, 1.54) is 30.6 Å². The fourth-order valence-electron chi connectivity index (χ4n) is 1.94. The molecule has 1 saturated carbocycles. The minimum atomic E-state index is -0.115. The van der Waals surface area contributed by atoms with Crippen LogP contribution in [0.3, 0.4) is 0 Å². The van der Waals surface area contributed by atoms with Crippen molar-refractivity contribution in [3.63, 3.8) is 0 Å². The number of nitrogens with two attached hydrogens (primary N) is 1. The van der Waals surface area contributed by atoms with Crippen molar-refractivity contribution in [3.05, 3.63) is 4.88 Å². The fourth-order valence-corrected chi connectivity index (χ4v) is 3.39. The summed E-state index contributed by atoms with van der Waals surface area (Å²) in [5.41, 5.74) is 5.85. The fraction of sp³-hybridized carbons (Fsp3) is 0.692. The maximum absolute atomic E-state index is 12.2. The number of hydrogen-bond acceptors (Lipinski definition) is 6. The summed E-state index contributed by atoms with van der Waals surface area (Å²) in [5.74, 6) is 1.25. The SMILES string of the molecule is CSCCC(C)NC(=O)c1sc(NC2CCC2)nc1N. The number of nitrogens with zero attached hydrogens (tertiary/aromatic N) is 1. The molecule has 20 heavy (non-hydrogen) atoms. The topological polar surface area (TPSA) is 80.0 Å². The second kappa shape index (κ2) is 7.17. The number of hydrogen-bond donors (Lipinski definition) is 3. The van der Waals surface area contributed by atoms with E-state index in [2.05, 4.69) is 21.9 Å². The monoisotopic (exact) mass is 314 g/mol. The Labute approximate surface area is 128 Å². The highest BCUT2D eigenvalue weighted by molar-refractivity contribution is 7.98. The molecular weight excluding hydrogens is 292 g/mol. The lowest BCUT2D eigenvalue weighted by atomic mass is 9.93. The van der Waals surface area contributed by atoms with E-state index in [1.807, 2.05) is 6.92 Å². The van der Waals surface area contributed by atoms with E-state index in [-0.39, 0.29) is 11.9 Å². The maximum Gasteiger partial charge on any atom is 0.265 e. The van der Waals surface area contributed by atoms with Crippen LogP contribution in [-0.2, 0) is 0 Å². The molecule has 0 saturated heterocycles. The van der Waals surface area contributed by atoms with Gasteiger partial charge in [-0.3, -0.25) is 4.79 Å². The summed E-state index contributed by atoms with van der Waals surface area (Å²) in [5, 5.41) is 7.06. The number of nitrogen functional groups attached to an aromatic ring is 1. The van der Waals surface area contributed by atoms with Crippen molar-refractivity contribution >= 4 is 40.0 Å². The molecular formula is C13H22N4OS2. The van der Waals surface area contributed by atoms with E-state index >= 15 is 0 Å². The van der Waals surface area contributed by atoms with Crippen molar-refractivity contribution in [2.75, 3.05) is 23.1 Å². The van der Waals surface area contributed by atoms with Crippen LogP contribution in [0.25, 0.3) is 0 Å². The van der Waals surface area contributed by atoms with Crippen LogP contribution < -0.4 is 16.4 Å². The van der Waals surface area contributed by atoms with Crippen molar-refractivity contribution in [1.82, 2.24) is 10.3 Å². The number of thiazole rings is 1. The number of rotatable bonds is 7. The van der Waals surface area contributed by atoms with Crippen LogP contribution in [-0.4, -0.2) is 35.0 Å². The lowest BCUT2D eigenvalue weighted by Gasteiger charge is -2.25. The Morgan fingerprint density at radius 2 is 2.35 bits per heavy atom. The second-order valence-electron chi connectivity index (χ2n) is 5.16. The Bertz CT molecular complexity index is 459. The first-order chi connectivity index (χ1) is 9.60. The number of carbonyl (C=O) groups is 1. The highest BCUT2D eigenvalue weighted by atomic mass is 32.2. The molecule has 1 atom stereocenters. The van der Waals surface area contributed by atoms with Crippen LogP contribution in [0.4, 0.5) is 10.9 Å². The van der Waals surface area contributed by atoms with Gasteiger partial charge in [0.15, 0.2) is 5.13 Å². The number of anilines is 2. The molecule has 4 N–H and O–H groups in total. The zero-order valence-electron chi connectivity index (χ0n) is 11.9. The third-order valence-electron chi connectivity index (χ3n) is 3.42. The first-order valence-corrected chi connectivity index (χ1v) is 9.13. The van der Waals surface area contributed by atoms with Crippen LogP contribution in [0.1, 0.15) is 42.3 Å². The van der Waals surface area contributed by atoms with Gasteiger partial charge in [0, 0.05) is 12.1 Å². The van der Waals surface area contributed by atoms with E-state index in [0.29, 0.717) is 16.7 Å². The van der Waals surface area contributed by atoms with Crippen LogP contribution in [0.15, 0.2) is 0 Å². The van der Waals surface area contributed by atoms with Crippen molar-refractivity contribution in [3.8, 4) is 0 Å². The number of carbonyl (C=O) groups excluding carboxylic acids is 1. The molecule has 1 aromatic heterocycles. The summed E-state index contributed by atoms with van der Waals surface area (Å²) < 4.78 is 0. The van der Waals surface area contributed by atoms with Crippen molar-refractivity contribution in [2.24, 2.45) is 0 Å². The molecule has 1 unspecified atom stereocenters. The normalized spacial score (nSPS) is 16.5. The summed E-state index contributed by atoms with van der Waals surface area (Å²) in [6.07, 6.45) is 6.63. The zero-order chi connectivity index (χ0) is 14.5. The second-order valence-corrected chi connectivity index (χ2v) is 7.15. The Morgan fingerprint density at radius 1 is 1.60 bits per heavy atom. The summed E-state index contributed by atoms with van der Waals surface area (Å²) in [6, 6.07) is 0.649. The molecule has 1 aliphatic carbocycles. The summed E-state index contributed by atoms with van der Waals surface area (Å²) in [7, 11) is 0. The van der Waals surface area contributed by atoms with Gasteiger partial charge >= 0.3 is 0 Å². The molecule has 0 aromatic carbocycles. The first kappa shape index (κ1) is 15.4. The lowest BCUT2D eigenvalue weighted by Crippen LogP contribution is -2.32. The van der Waals surface area contributed by atoms with Gasteiger partial charge in [0.25, 0.3) is 5.91 Å². The number of aromatic nitrogens is 1. The summed E-state index contributed by atoms with van der Waals surface area (Å²) >= 11 is 3.13.